The first kappa shape index (κ1) is 18.4. The van der Waals surface area contributed by atoms with Crippen LogP contribution in [0.15, 0.2) is 54.7 Å². The van der Waals surface area contributed by atoms with Gasteiger partial charge in [0.25, 0.3) is 0 Å². The summed E-state index contributed by atoms with van der Waals surface area (Å²) in [7, 11) is 0. The monoisotopic (exact) mass is 375 g/mol. The first-order valence-corrected chi connectivity index (χ1v) is 9.77. The lowest BCUT2D eigenvalue weighted by Gasteiger charge is -2.27. The molecular weight excluding hydrogens is 350 g/mol. The Balaban J connectivity index is 1.49. The van der Waals surface area contributed by atoms with Crippen molar-refractivity contribution in [2.45, 2.75) is 26.8 Å². The molecule has 5 nitrogen and oxygen atoms in total. The molecule has 1 saturated carbocycles. The zero-order valence-electron chi connectivity index (χ0n) is 16.2. The minimum atomic E-state index is -0.335. The largest absolute Gasteiger partial charge is 0.350 e. The Bertz CT molecular complexity index is 902. The lowest BCUT2D eigenvalue weighted by atomic mass is 9.81. The zero-order valence-corrected chi connectivity index (χ0v) is 16.2. The van der Waals surface area contributed by atoms with Gasteiger partial charge in [0.15, 0.2) is 0 Å². The number of nitrogens with zero attached hydrogens (tertiary/aromatic N) is 1. The van der Waals surface area contributed by atoms with E-state index in [1.54, 1.807) is 6.20 Å². The first-order valence-electron chi connectivity index (χ1n) is 9.77. The summed E-state index contributed by atoms with van der Waals surface area (Å²) in [6, 6.07) is 11.6. The third-order valence-electron chi connectivity index (χ3n) is 5.96. The van der Waals surface area contributed by atoms with Gasteiger partial charge in [0.05, 0.1) is 24.1 Å². The van der Waals surface area contributed by atoms with Crippen LogP contribution in [0.1, 0.15) is 23.2 Å². The summed E-state index contributed by atoms with van der Waals surface area (Å²) in [6.07, 6.45) is 6.77. The first-order chi connectivity index (χ1) is 13.5. The van der Waals surface area contributed by atoms with Crippen LogP contribution in [-0.2, 0) is 16.1 Å². The number of carbonyl (C=O) groups is 2. The minimum absolute atomic E-state index is 0.0627. The predicted octanol–water partition coefficient (Wildman–Crippen LogP) is 3.39. The second-order valence-corrected chi connectivity index (χ2v) is 7.79. The fourth-order valence-electron chi connectivity index (χ4n) is 4.55. The molecule has 1 aromatic heterocycles. The molecule has 0 aliphatic heterocycles. The second-order valence-electron chi connectivity index (χ2n) is 7.79. The van der Waals surface area contributed by atoms with Crippen LogP contribution in [-0.4, -0.2) is 16.8 Å². The van der Waals surface area contributed by atoms with Gasteiger partial charge in [-0.25, -0.2) is 0 Å². The Morgan fingerprint density at radius 1 is 0.964 bits per heavy atom. The number of aromatic nitrogens is 1. The van der Waals surface area contributed by atoms with E-state index in [4.69, 9.17) is 0 Å². The topological polar surface area (TPSA) is 71.1 Å². The van der Waals surface area contributed by atoms with Gasteiger partial charge in [-0.1, -0.05) is 36.4 Å². The Morgan fingerprint density at radius 2 is 1.64 bits per heavy atom. The molecule has 0 unspecified atom stereocenters. The second kappa shape index (κ2) is 7.58. The van der Waals surface area contributed by atoms with E-state index in [0.29, 0.717) is 6.54 Å². The van der Waals surface area contributed by atoms with E-state index >= 15 is 0 Å². The molecule has 2 amide bonds. The van der Waals surface area contributed by atoms with Gasteiger partial charge in [0.2, 0.25) is 11.8 Å². The number of rotatable bonds is 5. The number of amides is 2. The number of carbonyl (C=O) groups excluding carboxylic acids is 2. The summed E-state index contributed by atoms with van der Waals surface area (Å²) in [5.41, 5.74) is 3.73. The molecule has 2 aliphatic carbocycles. The van der Waals surface area contributed by atoms with Crippen LogP contribution >= 0.6 is 0 Å². The van der Waals surface area contributed by atoms with E-state index in [-0.39, 0.29) is 35.5 Å². The van der Waals surface area contributed by atoms with Gasteiger partial charge in [0.1, 0.15) is 0 Å². The summed E-state index contributed by atoms with van der Waals surface area (Å²) >= 11 is 0. The molecule has 5 heteroatoms. The number of hydrogen-bond donors (Lipinski definition) is 2. The standard InChI is InChI=1S/C23H25N3O2/c1-14-6-5-7-15(2)21(14)26-23(28)20-17-10-9-16(12-17)19(20)22(27)25-13-18-8-3-4-11-24-18/h3-11,16-17,19-20H,12-13H2,1-2H3,(H,25,27)(H,26,28)/t16-,17-,19-,20+/m0/s1. The van der Waals surface area contributed by atoms with Gasteiger partial charge in [0, 0.05) is 11.9 Å². The van der Waals surface area contributed by atoms with Crippen molar-refractivity contribution in [2.75, 3.05) is 5.32 Å². The number of allylic oxidation sites excluding steroid dienone is 2. The Labute approximate surface area is 165 Å². The van der Waals surface area contributed by atoms with Crippen molar-refractivity contribution in [3.8, 4) is 0 Å². The number of nitrogens with one attached hydrogen (secondary N) is 2. The fraction of sp³-hybridized carbons (Fsp3) is 0.348. The van der Waals surface area contributed by atoms with Crippen LogP contribution in [0.3, 0.4) is 0 Å². The Hall–Kier alpha value is -2.95. The van der Waals surface area contributed by atoms with Crippen LogP contribution in [0.5, 0.6) is 0 Å². The van der Waals surface area contributed by atoms with E-state index in [0.717, 1.165) is 28.9 Å². The Kier molecular flexibility index (Phi) is 4.99. The van der Waals surface area contributed by atoms with Crippen LogP contribution < -0.4 is 10.6 Å². The zero-order chi connectivity index (χ0) is 19.7. The summed E-state index contributed by atoms with van der Waals surface area (Å²) in [4.78, 5) is 30.4. The number of fused-ring (bicyclic) bond motifs is 2. The normalized spacial score (nSPS) is 24.9. The lowest BCUT2D eigenvalue weighted by Crippen LogP contribution is -2.42. The molecule has 1 fully saturated rings. The molecule has 4 atom stereocenters. The van der Waals surface area contributed by atoms with Crippen molar-refractivity contribution < 1.29 is 9.59 Å². The molecule has 0 spiro atoms. The van der Waals surface area contributed by atoms with Crippen molar-refractivity contribution in [3.05, 3.63) is 71.6 Å². The summed E-state index contributed by atoms with van der Waals surface area (Å²) in [6.45, 7) is 4.35. The van der Waals surface area contributed by atoms with Crippen LogP contribution in [0.2, 0.25) is 0 Å². The number of anilines is 1. The highest BCUT2D eigenvalue weighted by molar-refractivity contribution is 5.98. The number of hydrogen-bond acceptors (Lipinski definition) is 3. The predicted molar refractivity (Wildman–Crippen MR) is 108 cm³/mol. The molecule has 0 saturated heterocycles. The molecular formula is C23H25N3O2. The highest BCUT2D eigenvalue weighted by Crippen LogP contribution is 2.48. The maximum absolute atomic E-state index is 13.2. The van der Waals surface area contributed by atoms with Crippen LogP contribution in [0.25, 0.3) is 0 Å². The van der Waals surface area contributed by atoms with Crippen molar-refractivity contribution in [2.24, 2.45) is 23.7 Å². The van der Waals surface area contributed by atoms with Crippen LogP contribution in [0, 0.1) is 37.5 Å². The molecule has 2 aromatic rings. The van der Waals surface area contributed by atoms with E-state index in [9.17, 15) is 9.59 Å². The van der Waals surface area contributed by atoms with Crippen molar-refractivity contribution in [1.29, 1.82) is 0 Å². The van der Waals surface area contributed by atoms with Crippen molar-refractivity contribution >= 4 is 17.5 Å². The molecule has 28 heavy (non-hydrogen) atoms. The Morgan fingerprint density at radius 3 is 2.29 bits per heavy atom. The van der Waals surface area contributed by atoms with E-state index in [2.05, 4.69) is 27.8 Å². The molecule has 4 rings (SSSR count). The summed E-state index contributed by atoms with van der Waals surface area (Å²) in [5, 5.41) is 6.08. The smallest absolute Gasteiger partial charge is 0.228 e. The lowest BCUT2D eigenvalue weighted by molar-refractivity contribution is -0.133. The number of para-hydroxylation sites is 1. The summed E-state index contributed by atoms with van der Waals surface area (Å²) < 4.78 is 0. The molecule has 2 bridgehead atoms. The maximum Gasteiger partial charge on any atom is 0.228 e. The highest BCUT2D eigenvalue weighted by atomic mass is 16.2. The molecule has 2 aliphatic rings. The highest BCUT2D eigenvalue weighted by Gasteiger charge is 2.51. The number of aryl methyl sites for hydroxylation is 2. The van der Waals surface area contributed by atoms with Crippen LogP contribution in [0.4, 0.5) is 5.69 Å². The van der Waals surface area contributed by atoms with E-state index in [1.807, 2.05) is 50.2 Å². The molecule has 2 N–H and O–H groups in total. The third-order valence-corrected chi connectivity index (χ3v) is 5.96. The molecule has 0 radical (unpaired) electrons. The average Bonchev–Trinajstić information content (AvgIpc) is 3.31. The van der Waals surface area contributed by atoms with E-state index < -0.39 is 0 Å². The van der Waals surface area contributed by atoms with Gasteiger partial charge >= 0.3 is 0 Å². The number of pyridine rings is 1. The molecule has 1 heterocycles. The van der Waals surface area contributed by atoms with Gasteiger partial charge in [-0.15, -0.1) is 0 Å². The van der Waals surface area contributed by atoms with Crippen molar-refractivity contribution in [1.82, 2.24) is 10.3 Å². The summed E-state index contributed by atoms with van der Waals surface area (Å²) in [5.74, 6) is -0.542. The average molecular weight is 375 g/mol. The maximum atomic E-state index is 13.2. The molecule has 144 valence electrons. The van der Waals surface area contributed by atoms with Gasteiger partial charge in [-0.2, -0.15) is 0 Å². The van der Waals surface area contributed by atoms with Gasteiger partial charge < -0.3 is 10.6 Å². The fourth-order valence-corrected chi connectivity index (χ4v) is 4.55. The quantitative estimate of drug-likeness (QED) is 0.787. The number of benzene rings is 1. The SMILES string of the molecule is Cc1cccc(C)c1NC(=O)[C@H]1[C@@H](C(=O)NCc2ccccn2)[C@H]2C=C[C@H]1C2. The van der Waals surface area contributed by atoms with E-state index in [1.165, 1.54) is 0 Å². The van der Waals surface area contributed by atoms with Crippen molar-refractivity contribution in [3.63, 3.8) is 0 Å². The third kappa shape index (κ3) is 3.44. The van der Waals surface area contributed by atoms with Gasteiger partial charge in [-0.05, 0) is 55.4 Å². The molecule has 1 aromatic carbocycles. The minimum Gasteiger partial charge on any atom is -0.350 e. The van der Waals surface area contributed by atoms with Gasteiger partial charge in [-0.3, -0.25) is 14.6 Å².